The third-order valence-corrected chi connectivity index (χ3v) is 7.78. The van der Waals surface area contributed by atoms with Crippen molar-refractivity contribution >= 4 is 17.8 Å². The number of fused-ring (bicyclic) bond motifs is 2. The van der Waals surface area contributed by atoms with Gasteiger partial charge in [-0.2, -0.15) is 0 Å². The normalized spacial score (nSPS) is 36.5. The minimum atomic E-state index is -1.32. The molecular weight excluding hydrogens is 448 g/mol. The van der Waals surface area contributed by atoms with Crippen molar-refractivity contribution in [1.29, 1.82) is 0 Å². The Morgan fingerprint density at radius 2 is 1.77 bits per heavy atom. The number of carbonyl (C=O) groups excluding carboxylic acids is 3. The van der Waals surface area contributed by atoms with Crippen molar-refractivity contribution in [3.05, 3.63) is 24.3 Å². The molecule has 2 fully saturated rings. The average molecular weight is 489 g/mol. The Balaban J connectivity index is 1.84. The maximum absolute atomic E-state index is 14.3. The second-order valence-corrected chi connectivity index (χ2v) is 12.4. The van der Waals surface area contributed by atoms with Crippen molar-refractivity contribution in [3.63, 3.8) is 0 Å². The van der Waals surface area contributed by atoms with Gasteiger partial charge in [0.05, 0.1) is 24.7 Å². The largest absolute Gasteiger partial charge is 0.465 e. The van der Waals surface area contributed by atoms with Gasteiger partial charge in [0, 0.05) is 18.6 Å². The summed E-state index contributed by atoms with van der Waals surface area (Å²) in [7, 11) is 0. The van der Waals surface area contributed by atoms with Crippen molar-refractivity contribution in [2.75, 3.05) is 26.3 Å². The molecule has 0 saturated carbocycles. The van der Waals surface area contributed by atoms with E-state index in [0.717, 1.165) is 12.8 Å². The van der Waals surface area contributed by atoms with Crippen LogP contribution in [0.1, 0.15) is 60.8 Å². The van der Waals surface area contributed by atoms with Gasteiger partial charge in [0.1, 0.15) is 17.6 Å². The molecule has 0 radical (unpaired) electrons. The van der Waals surface area contributed by atoms with E-state index in [1.54, 1.807) is 6.92 Å². The van der Waals surface area contributed by atoms with Crippen LogP contribution in [0.2, 0.25) is 0 Å². The topological polar surface area (TPSA) is 96.4 Å². The van der Waals surface area contributed by atoms with Gasteiger partial charge in [-0.3, -0.25) is 14.4 Å². The van der Waals surface area contributed by atoms with Crippen LogP contribution >= 0.6 is 0 Å². The number of rotatable bonds is 4. The van der Waals surface area contributed by atoms with Crippen LogP contribution in [0.15, 0.2) is 24.3 Å². The maximum atomic E-state index is 14.3. The summed E-state index contributed by atoms with van der Waals surface area (Å²) < 4.78 is 12.3. The Labute approximate surface area is 208 Å². The van der Waals surface area contributed by atoms with Crippen molar-refractivity contribution in [3.8, 4) is 0 Å². The van der Waals surface area contributed by atoms with E-state index < -0.39 is 40.6 Å². The molecule has 0 aromatic rings. The fraction of sp³-hybridized carbons (Fsp3) is 0.741. The molecule has 0 aromatic carbocycles. The van der Waals surface area contributed by atoms with Crippen LogP contribution in [0.25, 0.3) is 0 Å². The van der Waals surface area contributed by atoms with Gasteiger partial charge in [0.25, 0.3) is 0 Å². The van der Waals surface area contributed by atoms with Gasteiger partial charge in [0.2, 0.25) is 11.8 Å². The zero-order valence-electron chi connectivity index (χ0n) is 21.9. The van der Waals surface area contributed by atoms with E-state index in [2.05, 4.69) is 20.8 Å². The fourth-order valence-corrected chi connectivity index (χ4v) is 6.92. The number of cyclic esters (lactones) is 1. The Morgan fingerprint density at radius 1 is 1.06 bits per heavy atom. The zero-order chi connectivity index (χ0) is 25.8. The van der Waals surface area contributed by atoms with Gasteiger partial charge in [-0.05, 0) is 45.4 Å². The lowest BCUT2D eigenvalue weighted by molar-refractivity contribution is -0.161. The lowest BCUT2D eigenvalue weighted by Crippen LogP contribution is -2.60. The van der Waals surface area contributed by atoms with Gasteiger partial charge in [-0.15, -0.1) is 0 Å². The summed E-state index contributed by atoms with van der Waals surface area (Å²) in [5.74, 6) is -2.85. The molecule has 35 heavy (non-hydrogen) atoms. The quantitative estimate of drug-likeness (QED) is 0.482. The van der Waals surface area contributed by atoms with Crippen LogP contribution in [0, 0.1) is 17.3 Å². The molecule has 8 heteroatoms. The molecule has 1 unspecified atom stereocenters. The van der Waals surface area contributed by atoms with Crippen LogP contribution in [-0.2, 0) is 23.9 Å². The van der Waals surface area contributed by atoms with Gasteiger partial charge in [0.15, 0.2) is 0 Å². The van der Waals surface area contributed by atoms with Crippen LogP contribution in [0.3, 0.4) is 0 Å². The molecule has 1 N–H and O–H groups in total. The molecule has 0 aliphatic carbocycles. The van der Waals surface area contributed by atoms with Crippen LogP contribution in [0.5, 0.6) is 0 Å². The van der Waals surface area contributed by atoms with E-state index in [1.165, 1.54) is 4.90 Å². The lowest BCUT2D eigenvalue weighted by Gasteiger charge is -2.44. The summed E-state index contributed by atoms with van der Waals surface area (Å²) >= 11 is 0. The minimum Gasteiger partial charge on any atom is -0.465 e. The van der Waals surface area contributed by atoms with E-state index in [1.807, 2.05) is 43.1 Å². The zero-order valence-corrected chi connectivity index (χ0v) is 21.9. The first kappa shape index (κ1) is 25.9. The number of hydrogen-bond donors (Lipinski definition) is 1. The molecular formula is C27H40N2O6. The van der Waals surface area contributed by atoms with Gasteiger partial charge >= 0.3 is 5.97 Å². The Bertz CT molecular complexity index is 950. The smallest absolute Gasteiger partial charge is 0.313 e. The van der Waals surface area contributed by atoms with Gasteiger partial charge in [-0.1, -0.05) is 45.1 Å². The summed E-state index contributed by atoms with van der Waals surface area (Å²) in [4.78, 5) is 44.8. The molecule has 2 saturated heterocycles. The Morgan fingerprint density at radius 3 is 2.43 bits per heavy atom. The van der Waals surface area contributed by atoms with E-state index >= 15 is 0 Å². The third-order valence-electron chi connectivity index (χ3n) is 7.78. The van der Waals surface area contributed by atoms with Crippen molar-refractivity contribution in [2.24, 2.45) is 17.3 Å². The van der Waals surface area contributed by atoms with E-state index in [9.17, 15) is 19.5 Å². The summed E-state index contributed by atoms with van der Waals surface area (Å²) in [5, 5.41) is 9.80. The number of likely N-dealkylation sites (tertiary alicyclic amines) is 1. The Kier molecular flexibility index (Phi) is 6.46. The van der Waals surface area contributed by atoms with Gasteiger partial charge < -0.3 is 24.4 Å². The lowest BCUT2D eigenvalue weighted by atomic mass is 9.74. The number of amides is 2. The Hall–Kier alpha value is -2.19. The molecule has 5 atom stereocenters. The number of aliphatic hydroxyl groups excluding tert-OH is 1. The van der Waals surface area contributed by atoms with Crippen molar-refractivity contribution in [1.82, 2.24) is 9.80 Å². The number of nitrogens with zero attached hydrogens (tertiary/aromatic N) is 2. The molecule has 0 bridgehead atoms. The van der Waals surface area contributed by atoms with E-state index in [-0.39, 0.29) is 37.0 Å². The fourth-order valence-electron chi connectivity index (χ4n) is 6.92. The molecule has 4 rings (SSSR count). The highest BCUT2D eigenvalue weighted by Crippen LogP contribution is 2.57. The average Bonchev–Trinajstić information content (AvgIpc) is 3.06. The highest BCUT2D eigenvalue weighted by Gasteiger charge is 2.74. The van der Waals surface area contributed by atoms with Crippen molar-refractivity contribution in [2.45, 2.75) is 83.6 Å². The number of esters is 1. The molecule has 2 amide bonds. The van der Waals surface area contributed by atoms with E-state index in [0.29, 0.717) is 13.0 Å². The second kappa shape index (κ2) is 8.73. The second-order valence-electron chi connectivity index (χ2n) is 12.4. The maximum Gasteiger partial charge on any atom is 0.313 e. The minimum absolute atomic E-state index is 0.00739. The summed E-state index contributed by atoms with van der Waals surface area (Å²) in [6.45, 7) is 12.7. The molecule has 4 aliphatic heterocycles. The van der Waals surface area contributed by atoms with Crippen molar-refractivity contribution < 1.29 is 29.0 Å². The molecule has 0 aromatic heterocycles. The van der Waals surface area contributed by atoms with Crippen LogP contribution in [-0.4, -0.2) is 81.8 Å². The number of allylic oxidation sites excluding steroid dienone is 1. The third kappa shape index (κ3) is 4.22. The first-order valence-corrected chi connectivity index (χ1v) is 12.7. The standard InChI is InChI=1S/C27H40N2O6/c1-24(2,3)17-25(4,5)29-13-10-12-27-18(21(31)28(14-15-30)20(27)22(29)32)19-23(33)34-16-9-7-8-11-26(19,6)35-27/h8,10-12,18-20,30H,7,9,13-17H2,1-6H3/b11-8-/t18-,19-,20?,26+,27-/m0/s1. The summed E-state index contributed by atoms with van der Waals surface area (Å²) in [5.41, 5.74) is -2.92. The predicted octanol–water partition coefficient (Wildman–Crippen LogP) is 2.46. The first-order chi connectivity index (χ1) is 16.3. The highest BCUT2D eigenvalue weighted by atomic mass is 16.6. The van der Waals surface area contributed by atoms with Crippen LogP contribution < -0.4 is 0 Å². The number of β-amino-alcohol motifs (C(OH)–C–C–N with tert-alkyl or cyclic N) is 1. The molecule has 1 spiro atoms. The number of carbonyl (C=O) groups is 3. The van der Waals surface area contributed by atoms with Crippen LogP contribution in [0.4, 0.5) is 0 Å². The first-order valence-electron chi connectivity index (χ1n) is 12.7. The molecule has 4 heterocycles. The molecule has 194 valence electrons. The van der Waals surface area contributed by atoms with Gasteiger partial charge in [-0.25, -0.2) is 0 Å². The number of ether oxygens (including phenoxy) is 2. The predicted molar refractivity (Wildman–Crippen MR) is 130 cm³/mol. The summed E-state index contributed by atoms with van der Waals surface area (Å²) in [6.07, 6.45) is 9.75. The number of hydrogen-bond acceptors (Lipinski definition) is 6. The highest BCUT2D eigenvalue weighted by molar-refractivity contribution is 5.99. The monoisotopic (exact) mass is 488 g/mol. The summed E-state index contributed by atoms with van der Waals surface area (Å²) in [6, 6.07) is -0.974. The van der Waals surface area contributed by atoms with E-state index in [4.69, 9.17) is 9.47 Å². The molecule has 8 nitrogen and oxygen atoms in total. The number of aliphatic hydroxyl groups is 1. The SMILES string of the molecule is CC(C)(C)CC(C)(C)N1CC=C[C@]23O[C@]4(C)/C=C\CCCOC(=O)[C@@H]4[C@H]2C(=O)N(CCO)C3C1=O. The molecule has 4 aliphatic rings.